The number of likely N-dealkylation sites (N-methyl/N-ethyl adjacent to an activating group) is 1. The van der Waals surface area contributed by atoms with Gasteiger partial charge < -0.3 is 14.6 Å². The number of thioether (sulfide) groups is 1. The van der Waals surface area contributed by atoms with E-state index in [2.05, 4.69) is 10.3 Å². The number of para-hydroxylation sites is 1. The number of aromatic nitrogens is 1. The van der Waals surface area contributed by atoms with Crippen LogP contribution in [0.2, 0.25) is 0 Å². The highest BCUT2D eigenvalue weighted by atomic mass is 32.2. The van der Waals surface area contributed by atoms with Gasteiger partial charge in [-0.25, -0.2) is 17.7 Å². The van der Waals surface area contributed by atoms with Crippen molar-refractivity contribution in [2.75, 3.05) is 38.8 Å². The van der Waals surface area contributed by atoms with E-state index < -0.39 is 10.0 Å². The van der Waals surface area contributed by atoms with Crippen LogP contribution in [0.25, 0.3) is 11.1 Å². The molecule has 0 spiro atoms. The van der Waals surface area contributed by atoms with Gasteiger partial charge in [-0.1, -0.05) is 30.0 Å². The van der Waals surface area contributed by atoms with E-state index >= 15 is 0 Å². The Hall–Kier alpha value is -2.89. The van der Waals surface area contributed by atoms with Gasteiger partial charge in [-0.15, -0.1) is 0 Å². The summed E-state index contributed by atoms with van der Waals surface area (Å²) in [7, 11) is 0.869. The van der Waals surface area contributed by atoms with Crippen molar-refractivity contribution < 1.29 is 22.4 Å². The first kappa shape index (κ1) is 24.7. The van der Waals surface area contributed by atoms with Crippen molar-refractivity contribution in [3.8, 4) is 0 Å². The molecular weight excluding hydrogens is 464 g/mol. The standard InChI is InChI=1S/C22H26N4O5S2/c1-14-7-6-8-15(2)21(14)24-19(27)12-26(5)20(28)13-32-22-23-17-11-16(9-10-18(17)31-22)33(29,30)25(3)4/h6-11H,12-13H2,1-5H3,(H,24,27). The normalized spacial score (nSPS) is 11.7. The van der Waals surface area contributed by atoms with Crippen molar-refractivity contribution in [2.45, 2.75) is 24.0 Å². The van der Waals surface area contributed by atoms with Gasteiger partial charge in [-0.2, -0.15) is 0 Å². The molecular formula is C22H26N4O5S2. The minimum Gasteiger partial charge on any atom is -0.431 e. The Morgan fingerprint density at radius 2 is 1.76 bits per heavy atom. The first-order valence-corrected chi connectivity index (χ1v) is 12.5. The number of hydrogen-bond acceptors (Lipinski definition) is 7. The van der Waals surface area contributed by atoms with E-state index in [0.717, 1.165) is 32.9 Å². The van der Waals surface area contributed by atoms with Crippen LogP contribution in [0.5, 0.6) is 0 Å². The third-order valence-corrected chi connectivity index (χ3v) is 7.61. The molecule has 0 aliphatic carbocycles. The summed E-state index contributed by atoms with van der Waals surface area (Å²) in [6.45, 7) is 3.73. The molecule has 0 aliphatic rings. The number of sulfonamides is 1. The lowest BCUT2D eigenvalue weighted by Gasteiger charge is -2.17. The lowest BCUT2D eigenvalue weighted by Crippen LogP contribution is -2.36. The second-order valence-corrected chi connectivity index (χ2v) is 10.8. The molecule has 1 heterocycles. The van der Waals surface area contributed by atoms with Crippen LogP contribution >= 0.6 is 11.8 Å². The molecule has 0 radical (unpaired) electrons. The first-order chi connectivity index (χ1) is 15.5. The summed E-state index contributed by atoms with van der Waals surface area (Å²) < 4.78 is 31.3. The van der Waals surface area contributed by atoms with Crippen molar-refractivity contribution in [3.05, 3.63) is 47.5 Å². The van der Waals surface area contributed by atoms with Gasteiger partial charge in [0.1, 0.15) is 5.52 Å². The summed E-state index contributed by atoms with van der Waals surface area (Å²) in [5, 5.41) is 3.10. The number of aryl methyl sites for hydroxylation is 2. The molecule has 0 aliphatic heterocycles. The number of nitrogens with zero attached hydrogens (tertiary/aromatic N) is 3. The molecule has 0 atom stereocenters. The Bertz CT molecular complexity index is 1280. The molecule has 3 aromatic rings. The highest BCUT2D eigenvalue weighted by molar-refractivity contribution is 7.99. The van der Waals surface area contributed by atoms with Crippen molar-refractivity contribution in [2.24, 2.45) is 0 Å². The second kappa shape index (κ2) is 9.94. The molecule has 0 unspecified atom stereocenters. The first-order valence-electron chi connectivity index (χ1n) is 10.0. The molecule has 2 amide bonds. The van der Waals surface area contributed by atoms with Gasteiger partial charge in [-0.05, 0) is 43.2 Å². The molecule has 2 aromatic carbocycles. The van der Waals surface area contributed by atoms with Gasteiger partial charge in [0.2, 0.25) is 21.8 Å². The largest absolute Gasteiger partial charge is 0.431 e. The second-order valence-electron chi connectivity index (χ2n) is 7.75. The van der Waals surface area contributed by atoms with Crippen LogP contribution in [0.4, 0.5) is 5.69 Å². The van der Waals surface area contributed by atoms with Crippen molar-refractivity contribution in [1.29, 1.82) is 0 Å². The maximum absolute atomic E-state index is 12.5. The minimum atomic E-state index is -3.59. The third-order valence-electron chi connectivity index (χ3n) is 4.99. The van der Waals surface area contributed by atoms with Crippen LogP contribution in [0.15, 0.2) is 50.9 Å². The highest BCUT2D eigenvalue weighted by Crippen LogP contribution is 2.26. The molecule has 9 nitrogen and oxygen atoms in total. The molecule has 1 aromatic heterocycles. The maximum atomic E-state index is 12.5. The monoisotopic (exact) mass is 490 g/mol. The zero-order valence-corrected chi connectivity index (χ0v) is 20.7. The fourth-order valence-electron chi connectivity index (χ4n) is 3.05. The average Bonchev–Trinajstić information content (AvgIpc) is 3.16. The number of oxazole rings is 1. The number of benzene rings is 2. The molecule has 3 rings (SSSR count). The van der Waals surface area contributed by atoms with E-state index in [1.165, 1.54) is 37.2 Å². The molecule has 0 saturated heterocycles. The SMILES string of the molecule is Cc1cccc(C)c1NC(=O)CN(C)C(=O)CSc1nc2cc(S(=O)(=O)N(C)C)ccc2o1. The van der Waals surface area contributed by atoms with Crippen LogP contribution in [0.3, 0.4) is 0 Å². The molecule has 33 heavy (non-hydrogen) atoms. The van der Waals surface area contributed by atoms with Gasteiger partial charge in [0.05, 0.1) is 17.2 Å². The van der Waals surface area contributed by atoms with Gasteiger partial charge in [0.25, 0.3) is 5.22 Å². The van der Waals surface area contributed by atoms with E-state index in [0.29, 0.717) is 11.1 Å². The van der Waals surface area contributed by atoms with Crippen LogP contribution < -0.4 is 5.32 Å². The average molecular weight is 491 g/mol. The zero-order valence-electron chi connectivity index (χ0n) is 19.1. The minimum absolute atomic E-state index is 0.0167. The number of carbonyl (C=O) groups excluding carboxylic acids is 2. The Balaban J connectivity index is 1.60. The van der Waals surface area contributed by atoms with Gasteiger partial charge in [0, 0.05) is 26.8 Å². The van der Waals surface area contributed by atoms with Crippen molar-refractivity contribution >= 4 is 50.4 Å². The smallest absolute Gasteiger partial charge is 0.257 e. The maximum Gasteiger partial charge on any atom is 0.257 e. The van der Waals surface area contributed by atoms with Crippen LogP contribution in [-0.2, 0) is 19.6 Å². The number of fused-ring (bicyclic) bond motifs is 1. The molecule has 1 N–H and O–H groups in total. The number of hydrogen-bond donors (Lipinski definition) is 1. The number of nitrogens with one attached hydrogen (secondary N) is 1. The zero-order chi connectivity index (χ0) is 24.3. The predicted molar refractivity (Wildman–Crippen MR) is 128 cm³/mol. The molecule has 0 saturated carbocycles. The lowest BCUT2D eigenvalue weighted by atomic mass is 10.1. The summed E-state index contributed by atoms with van der Waals surface area (Å²) in [4.78, 5) is 30.6. The summed E-state index contributed by atoms with van der Waals surface area (Å²) in [5.74, 6) is -0.539. The fourth-order valence-corrected chi connectivity index (χ4v) is 4.75. The Morgan fingerprint density at radius 1 is 1.09 bits per heavy atom. The molecule has 0 fully saturated rings. The van der Waals surface area contributed by atoms with Crippen molar-refractivity contribution in [1.82, 2.24) is 14.2 Å². The Morgan fingerprint density at radius 3 is 2.39 bits per heavy atom. The van der Waals surface area contributed by atoms with Gasteiger partial charge in [-0.3, -0.25) is 9.59 Å². The number of anilines is 1. The van der Waals surface area contributed by atoms with Gasteiger partial charge >= 0.3 is 0 Å². The highest BCUT2D eigenvalue weighted by Gasteiger charge is 2.20. The lowest BCUT2D eigenvalue weighted by molar-refractivity contribution is -0.131. The predicted octanol–water partition coefficient (Wildman–Crippen LogP) is 2.88. The summed E-state index contributed by atoms with van der Waals surface area (Å²) in [6.07, 6.45) is 0. The number of carbonyl (C=O) groups is 2. The van der Waals surface area contributed by atoms with Crippen LogP contribution in [0.1, 0.15) is 11.1 Å². The molecule has 176 valence electrons. The quantitative estimate of drug-likeness (QED) is 0.483. The summed E-state index contributed by atoms with van der Waals surface area (Å²) in [6, 6.07) is 10.2. The topological polar surface area (TPSA) is 113 Å². The van der Waals surface area contributed by atoms with E-state index in [-0.39, 0.29) is 34.2 Å². The van der Waals surface area contributed by atoms with E-state index in [4.69, 9.17) is 4.42 Å². The fraction of sp³-hybridized carbons (Fsp3) is 0.318. The van der Waals surface area contributed by atoms with E-state index in [9.17, 15) is 18.0 Å². The molecule has 0 bridgehead atoms. The molecule has 11 heteroatoms. The van der Waals surface area contributed by atoms with Crippen LogP contribution in [0, 0.1) is 13.8 Å². The Labute approximate surface area is 197 Å². The third kappa shape index (κ3) is 5.73. The van der Waals surface area contributed by atoms with Crippen molar-refractivity contribution in [3.63, 3.8) is 0 Å². The van der Waals surface area contributed by atoms with E-state index in [1.54, 1.807) is 7.05 Å². The van der Waals surface area contributed by atoms with E-state index in [1.807, 2.05) is 32.0 Å². The van der Waals surface area contributed by atoms with Gasteiger partial charge in [0.15, 0.2) is 5.58 Å². The number of amides is 2. The van der Waals surface area contributed by atoms with Crippen LogP contribution in [-0.4, -0.2) is 67.9 Å². The number of rotatable bonds is 8. The summed E-state index contributed by atoms with van der Waals surface area (Å²) >= 11 is 1.08. The summed E-state index contributed by atoms with van der Waals surface area (Å²) in [5.41, 5.74) is 3.45. The Kier molecular flexibility index (Phi) is 7.45.